The molecule has 2 rings (SSSR count). The SMILES string of the molecule is Cc1ccc(C(CNC(=O)C(C)(C)C)N2CCCCCC2)cc1. The monoisotopic (exact) mass is 316 g/mol. The third-order valence-electron chi connectivity index (χ3n) is 4.68. The van der Waals surface area contributed by atoms with E-state index in [1.807, 2.05) is 20.8 Å². The second-order valence-electron chi connectivity index (χ2n) is 7.84. The van der Waals surface area contributed by atoms with Crippen molar-refractivity contribution in [2.45, 2.75) is 59.4 Å². The third kappa shape index (κ3) is 5.35. The van der Waals surface area contributed by atoms with Gasteiger partial charge in [-0.05, 0) is 38.4 Å². The van der Waals surface area contributed by atoms with Crippen molar-refractivity contribution in [2.24, 2.45) is 5.41 Å². The Kier molecular flexibility index (Phi) is 6.23. The maximum atomic E-state index is 12.3. The fourth-order valence-electron chi connectivity index (χ4n) is 3.11. The standard InChI is InChI=1S/C20H32N2O/c1-16-9-11-17(12-10-16)18(15-21-19(23)20(2,3)4)22-13-7-5-6-8-14-22/h9-12,18H,5-8,13-15H2,1-4H3,(H,21,23). The highest BCUT2D eigenvalue weighted by atomic mass is 16.2. The van der Waals surface area contributed by atoms with Crippen LogP contribution in [-0.2, 0) is 4.79 Å². The zero-order chi connectivity index (χ0) is 16.9. The normalized spacial score (nSPS) is 18.3. The minimum atomic E-state index is -0.337. The van der Waals surface area contributed by atoms with E-state index in [1.54, 1.807) is 0 Å². The molecule has 1 unspecified atom stereocenters. The minimum Gasteiger partial charge on any atom is -0.354 e. The number of carbonyl (C=O) groups is 1. The largest absolute Gasteiger partial charge is 0.354 e. The predicted molar refractivity (Wildman–Crippen MR) is 96.4 cm³/mol. The van der Waals surface area contributed by atoms with Crippen LogP contribution < -0.4 is 5.32 Å². The van der Waals surface area contributed by atoms with Gasteiger partial charge in [-0.15, -0.1) is 0 Å². The lowest BCUT2D eigenvalue weighted by molar-refractivity contribution is -0.128. The van der Waals surface area contributed by atoms with Gasteiger partial charge in [-0.3, -0.25) is 9.69 Å². The quantitative estimate of drug-likeness (QED) is 0.908. The Hall–Kier alpha value is -1.35. The highest BCUT2D eigenvalue weighted by Gasteiger charge is 2.25. The fourth-order valence-corrected chi connectivity index (χ4v) is 3.11. The van der Waals surface area contributed by atoms with Gasteiger partial charge in [0.25, 0.3) is 0 Å². The second kappa shape index (κ2) is 7.96. The molecule has 0 saturated carbocycles. The summed E-state index contributed by atoms with van der Waals surface area (Å²) in [5.74, 6) is 0.129. The van der Waals surface area contributed by atoms with Crippen LogP contribution in [0.15, 0.2) is 24.3 Å². The summed E-state index contributed by atoms with van der Waals surface area (Å²) in [6.07, 6.45) is 5.17. The van der Waals surface area contributed by atoms with Gasteiger partial charge in [-0.1, -0.05) is 63.4 Å². The Morgan fingerprint density at radius 2 is 1.65 bits per heavy atom. The average Bonchev–Trinajstić information content (AvgIpc) is 2.77. The molecular formula is C20H32N2O. The van der Waals surface area contributed by atoms with Gasteiger partial charge < -0.3 is 5.32 Å². The van der Waals surface area contributed by atoms with Crippen LogP contribution in [0.3, 0.4) is 0 Å². The topological polar surface area (TPSA) is 32.3 Å². The maximum absolute atomic E-state index is 12.3. The van der Waals surface area contributed by atoms with Crippen molar-refractivity contribution in [3.05, 3.63) is 35.4 Å². The number of likely N-dealkylation sites (tertiary alicyclic amines) is 1. The highest BCUT2D eigenvalue weighted by Crippen LogP contribution is 2.25. The first-order chi connectivity index (χ1) is 10.9. The van der Waals surface area contributed by atoms with Crippen LogP contribution in [0.25, 0.3) is 0 Å². The number of nitrogens with zero attached hydrogens (tertiary/aromatic N) is 1. The number of benzene rings is 1. The fraction of sp³-hybridized carbons (Fsp3) is 0.650. The van der Waals surface area contributed by atoms with E-state index in [2.05, 4.69) is 41.4 Å². The van der Waals surface area contributed by atoms with Crippen molar-refractivity contribution in [1.82, 2.24) is 10.2 Å². The molecule has 23 heavy (non-hydrogen) atoms. The van der Waals surface area contributed by atoms with Gasteiger partial charge in [0.2, 0.25) is 5.91 Å². The zero-order valence-electron chi connectivity index (χ0n) is 15.2. The van der Waals surface area contributed by atoms with E-state index in [0.717, 1.165) is 13.1 Å². The first-order valence-corrected chi connectivity index (χ1v) is 8.97. The molecule has 1 fully saturated rings. The summed E-state index contributed by atoms with van der Waals surface area (Å²) in [4.78, 5) is 14.8. The Morgan fingerprint density at radius 3 is 2.17 bits per heavy atom. The van der Waals surface area contributed by atoms with Crippen LogP contribution in [0.5, 0.6) is 0 Å². The van der Waals surface area contributed by atoms with E-state index in [9.17, 15) is 4.79 Å². The van der Waals surface area contributed by atoms with Gasteiger partial charge in [0, 0.05) is 12.0 Å². The van der Waals surface area contributed by atoms with Crippen molar-refractivity contribution in [3.8, 4) is 0 Å². The summed E-state index contributed by atoms with van der Waals surface area (Å²) < 4.78 is 0. The molecule has 1 aromatic carbocycles. The Labute approximate surface area is 141 Å². The predicted octanol–water partition coefficient (Wildman–Crippen LogP) is 4.07. The molecule has 128 valence electrons. The van der Waals surface area contributed by atoms with Crippen molar-refractivity contribution >= 4 is 5.91 Å². The first kappa shape index (κ1) is 18.0. The molecule has 0 spiro atoms. The molecule has 0 aliphatic carbocycles. The molecule has 1 atom stereocenters. The number of rotatable bonds is 4. The molecular weight excluding hydrogens is 284 g/mol. The van der Waals surface area contributed by atoms with Gasteiger partial charge in [0.1, 0.15) is 0 Å². The van der Waals surface area contributed by atoms with Gasteiger partial charge in [-0.25, -0.2) is 0 Å². The summed E-state index contributed by atoms with van der Waals surface area (Å²) in [6.45, 7) is 11.0. The summed E-state index contributed by atoms with van der Waals surface area (Å²) >= 11 is 0. The number of aryl methyl sites for hydroxylation is 1. The van der Waals surface area contributed by atoms with Crippen LogP contribution >= 0.6 is 0 Å². The average molecular weight is 316 g/mol. The number of hydrogen-bond donors (Lipinski definition) is 1. The molecule has 1 heterocycles. The van der Waals surface area contributed by atoms with Crippen molar-refractivity contribution in [1.29, 1.82) is 0 Å². The number of amides is 1. The zero-order valence-corrected chi connectivity index (χ0v) is 15.2. The molecule has 0 bridgehead atoms. The Morgan fingerprint density at radius 1 is 1.09 bits per heavy atom. The van der Waals surface area contributed by atoms with E-state index in [1.165, 1.54) is 36.8 Å². The molecule has 3 nitrogen and oxygen atoms in total. The van der Waals surface area contributed by atoms with Gasteiger partial charge in [0.15, 0.2) is 0 Å². The number of carbonyl (C=O) groups excluding carboxylic acids is 1. The van der Waals surface area contributed by atoms with E-state index in [-0.39, 0.29) is 17.4 Å². The summed E-state index contributed by atoms with van der Waals surface area (Å²) in [7, 11) is 0. The molecule has 1 aliphatic heterocycles. The van der Waals surface area contributed by atoms with E-state index < -0.39 is 0 Å². The van der Waals surface area contributed by atoms with Crippen molar-refractivity contribution in [2.75, 3.05) is 19.6 Å². The van der Waals surface area contributed by atoms with Crippen LogP contribution in [0, 0.1) is 12.3 Å². The molecule has 3 heteroatoms. The van der Waals surface area contributed by atoms with Crippen LogP contribution in [-0.4, -0.2) is 30.4 Å². The minimum absolute atomic E-state index is 0.129. The Balaban J connectivity index is 2.13. The lowest BCUT2D eigenvalue weighted by atomic mass is 9.95. The van der Waals surface area contributed by atoms with E-state index >= 15 is 0 Å². The molecule has 1 amide bonds. The molecule has 1 aliphatic rings. The summed E-state index contributed by atoms with van der Waals surface area (Å²) in [5.41, 5.74) is 2.25. The Bertz CT molecular complexity index is 493. The molecule has 1 aromatic rings. The molecule has 0 radical (unpaired) electrons. The van der Waals surface area contributed by atoms with Crippen molar-refractivity contribution in [3.63, 3.8) is 0 Å². The third-order valence-corrected chi connectivity index (χ3v) is 4.68. The van der Waals surface area contributed by atoms with Gasteiger partial charge in [0.05, 0.1) is 6.04 Å². The smallest absolute Gasteiger partial charge is 0.225 e. The lowest BCUT2D eigenvalue weighted by Crippen LogP contribution is -2.42. The molecule has 1 N–H and O–H groups in total. The van der Waals surface area contributed by atoms with E-state index in [0.29, 0.717) is 6.54 Å². The summed E-state index contributed by atoms with van der Waals surface area (Å²) in [6, 6.07) is 9.06. The van der Waals surface area contributed by atoms with Crippen LogP contribution in [0.4, 0.5) is 0 Å². The molecule has 0 aromatic heterocycles. The number of nitrogens with one attached hydrogen (secondary N) is 1. The summed E-state index contributed by atoms with van der Waals surface area (Å²) in [5, 5.41) is 3.17. The van der Waals surface area contributed by atoms with Gasteiger partial charge in [-0.2, -0.15) is 0 Å². The highest BCUT2D eigenvalue weighted by molar-refractivity contribution is 5.81. The van der Waals surface area contributed by atoms with Crippen molar-refractivity contribution < 1.29 is 4.79 Å². The second-order valence-corrected chi connectivity index (χ2v) is 7.84. The lowest BCUT2D eigenvalue weighted by Gasteiger charge is -2.32. The maximum Gasteiger partial charge on any atom is 0.225 e. The first-order valence-electron chi connectivity index (χ1n) is 8.97. The van der Waals surface area contributed by atoms with Crippen LogP contribution in [0.2, 0.25) is 0 Å². The number of hydrogen-bond acceptors (Lipinski definition) is 2. The van der Waals surface area contributed by atoms with E-state index in [4.69, 9.17) is 0 Å². The molecule has 1 saturated heterocycles. The van der Waals surface area contributed by atoms with Crippen LogP contribution in [0.1, 0.15) is 63.6 Å². The van der Waals surface area contributed by atoms with Gasteiger partial charge >= 0.3 is 0 Å².